The Balaban J connectivity index is 1.95. The third-order valence-corrected chi connectivity index (χ3v) is 4.30. The molecule has 0 radical (unpaired) electrons. The number of anilines is 1. The van der Waals surface area contributed by atoms with E-state index in [-0.39, 0.29) is 24.3 Å². The van der Waals surface area contributed by atoms with Gasteiger partial charge in [0, 0.05) is 26.9 Å². The Labute approximate surface area is 151 Å². The number of fused-ring (bicyclic) bond motifs is 1. The van der Waals surface area contributed by atoms with Gasteiger partial charge in [-0.2, -0.15) is 0 Å². The van der Waals surface area contributed by atoms with Crippen LogP contribution in [-0.2, 0) is 27.3 Å². The van der Waals surface area contributed by atoms with Crippen LogP contribution in [0.4, 0.5) is 5.82 Å². The topological polar surface area (TPSA) is 96.3 Å². The summed E-state index contributed by atoms with van der Waals surface area (Å²) >= 11 is 0. The van der Waals surface area contributed by atoms with Crippen LogP contribution in [0.1, 0.15) is 18.2 Å². The van der Waals surface area contributed by atoms with Gasteiger partial charge < -0.3 is 15.2 Å². The van der Waals surface area contributed by atoms with Gasteiger partial charge in [0.25, 0.3) is 5.91 Å². The number of carbonyl (C=O) groups excluding carboxylic acids is 3. The predicted molar refractivity (Wildman–Crippen MR) is 95.5 cm³/mol. The van der Waals surface area contributed by atoms with E-state index >= 15 is 0 Å². The van der Waals surface area contributed by atoms with Crippen LogP contribution < -0.4 is 15.5 Å². The van der Waals surface area contributed by atoms with Gasteiger partial charge in [-0.3, -0.25) is 19.3 Å². The lowest BCUT2D eigenvalue weighted by Crippen LogP contribution is -2.54. The Morgan fingerprint density at radius 2 is 2.00 bits per heavy atom. The van der Waals surface area contributed by atoms with E-state index in [1.54, 1.807) is 6.33 Å². The molecule has 2 heterocycles. The van der Waals surface area contributed by atoms with E-state index in [4.69, 9.17) is 0 Å². The highest BCUT2D eigenvalue weighted by atomic mass is 16.2. The van der Waals surface area contributed by atoms with Gasteiger partial charge in [0.2, 0.25) is 11.8 Å². The first-order valence-corrected chi connectivity index (χ1v) is 8.36. The molecular formula is C18H21N5O3. The number of hydrogen-bond acceptors (Lipinski definition) is 4. The fraction of sp³-hybridized carbons (Fsp3) is 0.333. The van der Waals surface area contributed by atoms with Crippen LogP contribution in [0, 0.1) is 0 Å². The summed E-state index contributed by atoms with van der Waals surface area (Å²) in [6.07, 6.45) is 2.00. The molecule has 0 saturated carbocycles. The average Bonchev–Trinajstić information content (AvgIpc) is 3.01. The maximum absolute atomic E-state index is 12.7. The minimum atomic E-state index is -0.712. The molecule has 136 valence electrons. The molecule has 1 aliphatic heterocycles. The summed E-state index contributed by atoms with van der Waals surface area (Å²) in [4.78, 5) is 41.7. The van der Waals surface area contributed by atoms with Crippen LogP contribution in [-0.4, -0.2) is 46.9 Å². The molecule has 1 aromatic carbocycles. The van der Waals surface area contributed by atoms with Crippen molar-refractivity contribution in [3.8, 4) is 0 Å². The van der Waals surface area contributed by atoms with Crippen molar-refractivity contribution in [2.75, 3.05) is 18.5 Å². The van der Waals surface area contributed by atoms with Gasteiger partial charge in [0.1, 0.15) is 12.6 Å². The number of carbonyl (C=O) groups is 3. The van der Waals surface area contributed by atoms with Crippen molar-refractivity contribution < 1.29 is 14.4 Å². The van der Waals surface area contributed by atoms with E-state index < -0.39 is 6.04 Å². The van der Waals surface area contributed by atoms with E-state index in [2.05, 4.69) is 15.6 Å². The van der Waals surface area contributed by atoms with E-state index in [1.165, 1.54) is 18.9 Å². The molecule has 2 N–H and O–H groups in total. The van der Waals surface area contributed by atoms with Gasteiger partial charge in [-0.1, -0.05) is 30.3 Å². The van der Waals surface area contributed by atoms with E-state index in [0.717, 1.165) is 11.3 Å². The summed E-state index contributed by atoms with van der Waals surface area (Å²) in [5.41, 5.74) is 1.91. The Morgan fingerprint density at radius 3 is 2.65 bits per heavy atom. The van der Waals surface area contributed by atoms with Crippen LogP contribution in [0.2, 0.25) is 0 Å². The minimum absolute atomic E-state index is 0.138. The number of nitrogens with one attached hydrogen (secondary N) is 2. The number of likely N-dealkylation sites (N-methyl/N-ethyl adjacent to an activating group) is 1. The molecule has 3 rings (SSSR count). The highest BCUT2D eigenvalue weighted by molar-refractivity contribution is 6.04. The second kappa shape index (κ2) is 7.38. The van der Waals surface area contributed by atoms with Crippen molar-refractivity contribution in [2.45, 2.75) is 25.9 Å². The van der Waals surface area contributed by atoms with Gasteiger partial charge in [-0.05, 0) is 5.56 Å². The first kappa shape index (κ1) is 17.7. The van der Waals surface area contributed by atoms with Crippen molar-refractivity contribution in [1.82, 2.24) is 20.2 Å². The molecule has 0 bridgehead atoms. The maximum atomic E-state index is 12.7. The van der Waals surface area contributed by atoms with Crippen molar-refractivity contribution in [3.63, 3.8) is 0 Å². The smallest absolute Gasteiger partial charge is 0.251 e. The molecule has 8 heteroatoms. The zero-order valence-corrected chi connectivity index (χ0v) is 14.7. The average molecular weight is 355 g/mol. The number of aromatic nitrogens is 2. The van der Waals surface area contributed by atoms with Crippen LogP contribution >= 0.6 is 0 Å². The quantitative estimate of drug-likeness (QED) is 0.793. The summed E-state index contributed by atoms with van der Waals surface area (Å²) in [5, 5.41) is 5.18. The molecule has 0 aliphatic carbocycles. The third-order valence-electron chi connectivity index (χ3n) is 4.30. The second-order valence-electron chi connectivity index (χ2n) is 6.18. The van der Waals surface area contributed by atoms with Crippen LogP contribution in [0.5, 0.6) is 0 Å². The fourth-order valence-corrected chi connectivity index (χ4v) is 3.05. The first-order chi connectivity index (χ1) is 12.5. The highest BCUT2D eigenvalue weighted by Crippen LogP contribution is 2.27. The van der Waals surface area contributed by atoms with Gasteiger partial charge in [-0.15, -0.1) is 0 Å². The number of imidazole rings is 1. The number of hydrogen-bond donors (Lipinski definition) is 2. The lowest BCUT2D eigenvalue weighted by atomic mass is 10.0. The number of amides is 3. The van der Waals surface area contributed by atoms with E-state index in [1.807, 2.05) is 34.9 Å². The lowest BCUT2D eigenvalue weighted by Gasteiger charge is -2.31. The van der Waals surface area contributed by atoms with Crippen molar-refractivity contribution in [2.24, 2.45) is 0 Å². The molecular weight excluding hydrogens is 334 g/mol. The first-order valence-electron chi connectivity index (χ1n) is 8.36. The molecule has 1 atom stereocenters. The maximum Gasteiger partial charge on any atom is 0.251 e. The van der Waals surface area contributed by atoms with Gasteiger partial charge in [0.15, 0.2) is 5.82 Å². The molecule has 1 unspecified atom stereocenters. The molecule has 8 nitrogen and oxygen atoms in total. The predicted octanol–water partition coefficient (Wildman–Crippen LogP) is 0.0712. The molecule has 2 aromatic rings. The molecule has 0 fully saturated rings. The van der Waals surface area contributed by atoms with Crippen LogP contribution in [0.3, 0.4) is 0 Å². The largest absolute Gasteiger partial charge is 0.358 e. The minimum Gasteiger partial charge on any atom is -0.358 e. The monoisotopic (exact) mass is 355 g/mol. The van der Waals surface area contributed by atoms with Gasteiger partial charge >= 0.3 is 0 Å². The highest BCUT2D eigenvalue weighted by Gasteiger charge is 2.37. The van der Waals surface area contributed by atoms with Crippen LogP contribution in [0.25, 0.3) is 0 Å². The SMILES string of the molecule is CNC(=O)CN1C(=O)C(NC(C)=O)Cc2c1ncn2Cc1ccccc1. The summed E-state index contributed by atoms with van der Waals surface area (Å²) in [7, 11) is 1.51. The summed E-state index contributed by atoms with van der Waals surface area (Å²) < 4.78 is 1.95. The normalized spacial score (nSPS) is 16.2. The molecule has 0 saturated heterocycles. The molecule has 3 amide bonds. The van der Waals surface area contributed by atoms with Gasteiger partial charge in [-0.25, -0.2) is 4.98 Å². The standard InChI is InChI=1S/C18H21N5O3/c1-12(24)21-14-8-15-17(23(18(14)26)10-16(25)19-2)20-11-22(15)9-13-6-4-3-5-7-13/h3-7,11,14H,8-10H2,1-2H3,(H,19,25)(H,21,24). The molecule has 1 aromatic heterocycles. The van der Waals surface area contributed by atoms with Crippen LogP contribution in [0.15, 0.2) is 36.7 Å². The summed E-state index contributed by atoms with van der Waals surface area (Å²) in [5.74, 6) is -0.455. The van der Waals surface area contributed by atoms with E-state index in [0.29, 0.717) is 18.8 Å². The Bertz CT molecular complexity index is 831. The Kier molecular flexibility index (Phi) is 5.01. The second-order valence-corrected chi connectivity index (χ2v) is 6.18. The zero-order chi connectivity index (χ0) is 18.7. The van der Waals surface area contributed by atoms with Gasteiger partial charge in [0.05, 0.1) is 12.0 Å². The van der Waals surface area contributed by atoms with Crippen molar-refractivity contribution >= 4 is 23.5 Å². The van der Waals surface area contributed by atoms with Crippen molar-refractivity contribution in [3.05, 3.63) is 47.9 Å². The number of benzene rings is 1. The Morgan fingerprint density at radius 1 is 1.27 bits per heavy atom. The summed E-state index contributed by atoms with van der Waals surface area (Å²) in [6.45, 7) is 1.83. The molecule has 0 spiro atoms. The third kappa shape index (κ3) is 3.58. The Hall–Kier alpha value is -3.16. The molecule has 26 heavy (non-hydrogen) atoms. The van der Waals surface area contributed by atoms with E-state index in [9.17, 15) is 14.4 Å². The molecule has 1 aliphatic rings. The summed E-state index contributed by atoms with van der Waals surface area (Å²) in [6, 6.07) is 9.17. The fourth-order valence-electron chi connectivity index (χ4n) is 3.05. The lowest BCUT2D eigenvalue weighted by molar-refractivity contribution is -0.128. The number of nitrogens with zero attached hydrogens (tertiary/aromatic N) is 3. The number of rotatable bonds is 5. The zero-order valence-electron chi connectivity index (χ0n) is 14.7. The van der Waals surface area contributed by atoms with Crippen molar-refractivity contribution in [1.29, 1.82) is 0 Å².